The molecule has 0 rings (SSSR count). The maximum absolute atomic E-state index is 10.0. The lowest BCUT2D eigenvalue weighted by Gasteiger charge is -2.11. The second-order valence-electron chi connectivity index (χ2n) is 3.00. The molecule has 5 nitrogen and oxygen atoms in total. The van der Waals surface area contributed by atoms with Crippen LogP contribution in [-0.2, 0) is 14.6 Å². The first-order valence-corrected chi connectivity index (χ1v) is 4.97. The Kier molecular flexibility index (Phi) is 4.69. The Hall–Kier alpha value is -0.170. The molecule has 0 aromatic carbocycles. The van der Waals surface area contributed by atoms with E-state index in [1.54, 1.807) is 0 Å². The fraction of sp³-hybridized carbons (Fsp3) is 1.00. The van der Waals surface area contributed by atoms with E-state index in [2.05, 4.69) is 4.18 Å². The van der Waals surface area contributed by atoms with Crippen LogP contribution in [0.1, 0.15) is 20.3 Å². The fourth-order valence-corrected chi connectivity index (χ4v) is 1.11. The van der Waals surface area contributed by atoms with E-state index < -0.39 is 23.1 Å². The topological polar surface area (TPSA) is 83.8 Å². The van der Waals surface area contributed by atoms with Crippen LogP contribution in [0, 0.1) is 5.92 Å². The highest BCUT2D eigenvalue weighted by Gasteiger charge is 2.11. The van der Waals surface area contributed by atoms with Crippen molar-refractivity contribution in [3.05, 3.63) is 0 Å². The highest BCUT2D eigenvalue weighted by atomic mass is 32.3. The van der Waals surface area contributed by atoms with Crippen LogP contribution >= 0.6 is 0 Å². The van der Waals surface area contributed by atoms with Gasteiger partial charge in [0, 0.05) is 0 Å². The molecule has 0 aromatic heterocycles. The molecule has 0 aromatic rings. The van der Waals surface area contributed by atoms with Gasteiger partial charge < -0.3 is 5.11 Å². The van der Waals surface area contributed by atoms with Crippen LogP contribution in [0.3, 0.4) is 0 Å². The third kappa shape index (κ3) is 7.93. The summed E-state index contributed by atoms with van der Waals surface area (Å²) in [6.07, 6.45) is -0.415. The Bertz CT molecular complexity index is 208. The predicted octanol–water partition coefficient (Wildman–Crippen LogP) is 0.213. The smallest absolute Gasteiger partial charge is 0.391 e. The van der Waals surface area contributed by atoms with E-state index in [1.165, 1.54) is 0 Å². The summed E-state index contributed by atoms with van der Waals surface area (Å²) >= 11 is 0. The minimum Gasteiger partial charge on any atom is -0.391 e. The fourth-order valence-electron chi connectivity index (χ4n) is 0.777. The van der Waals surface area contributed by atoms with Gasteiger partial charge in [-0.05, 0) is 12.3 Å². The van der Waals surface area contributed by atoms with Gasteiger partial charge in [0.2, 0.25) is 0 Å². The van der Waals surface area contributed by atoms with Gasteiger partial charge in [-0.25, -0.2) is 4.18 Å². The van der Waals surface area contributed by atoms with E-state index in [-0.39, 0.29) is 5.92 Å². The van der Waals surface area contributed by atoms with Gasteiger partial charge in [0.25, 0.3) is 0 Å². The number of hydrogen-bond donors (Lipinski definition) is 2. The van der Waals surface area contributed by atoms with Crippen molar-refractivity contribution >= 4 is 10.4 Å². The molecule has 0 aliphatic carbocycles. The SMILES string of the molecule is CC(C)CC(O)COS(=O)(=O)O. The number of aliphatic hydroxyl groups is 1. The Balaban J connectivity index is 3.65. The van der Waals surface area contributed by atoms with Gasteiger partial charge in [0.05, 0.1) is 12.7 Å². The average Bonchev–Trinajstić information content (AvgIpc) is 1.80. The van der Waals surface area contributed by atoms with Gasteiger partial charge in [-0.2, -0.15) is 8.42 Å². The lowest BCUT2D eigenvalue weighted by molar-refractivity contribution is 0.0857. The summed E-state index contributed by atoms with van der Waals surface area (Å²) < 4.78 is 32.2. The summed E-state index contributed by atoms with van der Waals surface area (Å²) in [5.74, 6) is 0.255. The lowest BCUT2D eigenvalue weighted by atomic mass is 10.1. The maximum Gasteiger partial charge on any atom is 0.397 e. The Morgan fingerprint density at radius 1 is 1.42 bits per heavy atom. The molecule has 0 bridgehead atoms. The van der Waals surface area contributed by atoms with E-state index in [9.17, 15) is 8.42 Å². The predicted molar refractivity (Wildman–Crippen MR) is 43.0 cm³/mol. The van der Waals surface area contributed by atoms with Gasteiger partial charge in [-0.15, -0.1) is 0 Å². The van der Waals surface area contributed by atoms with Gasteiger partial charge in [-0.1, -0.05) is 13.8 Å². The summed E-state index contributed by atoms with van der Waals surface area (Å²) in [4.78, 5) is 0. The summed E-state index contributed by atoms with van der Waals surface area (Å²) in [6.45, 7) is 3.38. The normalized spacial score (nSPS) is 15.1. The van der Waals surface area contributed by atoms with Gasteiger partial charge in [0.15, 0.2) is 0 Å². The maximum atomic E-state index is 10.0. The summed E-state index contributed by atoms with van der Waals surface area (Å²) in [5, 5.41) is 9.08. The zero-order chi connectivity index (χ0) is 9.78. The first-order valence-electron chi connectivity index (χ1n) is 3.61. The molecule has 2 N–H and O–H groups in total. The number of rotatable bonds is 5. The van der Waals surface area contributed by atoms with E-state index in [0.717, 1.165) is 0 Å². The standard InChI is InChI=1S/C6H14O5S/c1-5(2)3-6(7)4-11-12(8,9)10/h5-7H,3-4H2,1-2H3,(H,8,9,10). The van der Waals surface area contributed by atoms with Crippen molar-refractivity contribution < 1.29 is 22.3 Å². The molecular formula is C6H14O5S. The highest BCUT2D eigenvalue weighted by molar-refractivity contribution is 7.80. The monoisotopic (exact) mass is 198 g/mol. The summed E-state index contributed by atoms with van der Waals surface area (Å²) in [5.41, 5.74) is 0. The van der Waals surface area contributed by atoms with Crippen molar-refractivity contribution in [2.24, 2.45) is 5.92 Å². The van der Waals surface area contributed by atoms with Crippen molar-refractivity contribution in [1.82, 2.24) is 0 Å². The molecule has 1 unspecified atom stereocenters. The van der Waals surface area contributed by atoms with Crippen LogP contribution in [0.2, 0.25) is 0 Å². The second kappa shape index (κ2) is 4.76. The molecule has 0 fully saturated rings. The molecular weight excluding hydrogens is 184 g/mol. The van der Waals surface area contributed by atoms with E-state index in [1.807, 2.05) is 13.8 Å². The van der Waals surface area contributed by atoms with Crippen LogP contribution in [-0.4, -0.2) is 30.8 Å². The van der Waals surface area contributed by atoms with Crippen LogP contribution in [0.5, 0.6) is 0 Å². The molecule has 1 atom stereocenters. The third-order valence-corrected chi connectivity index (χ3v) is 1.59. The first kappa shape index (κ1) is 11.8. The molecule has 0 spiro atoms. The van der Waals surface area contributed by atoms with Gasteiger partial charge in [-0.3, -0.25) is 4.55 Å². The first-order chi connectivity index (χ1) is 5.31. The molecule has 0 heterocycles. The molecule has 0 saturated carbocycles. The van der Waals surface area contributed by atoms with Crippen LogP contribution in [0.25, 0.3) is 0 Å². The van der Waals surface area contributed by atoms with Crippen LogP contribution in [0.4, 0.5) is 0 Å². The molecule has 74 valence electrons. The molecule has 0 saturated heterocycles. The van der Waals surface area contributed by atoms with Gasteiger partial charge in [0.1, 0.15) is 0 Å². The second-order valence-corrected chi connectivity index (χ2v) is 4.09. The molecule has 6 heteroatoms. The molecule has 0 amide bonds. The molecule has 0 aliphatic rings. The van der Waals surface area contributed by atoms with E-state index in [0.29, 0.717) is 6.42 Å². The van der Waals surface area contributed by atoms with Crippen molar-refractivity contribution in [1.29, 1.82) is 0 Å². The van der Waals surface area contributed by atoms with Gasteiger partial charge >= 0.3 is 10.4 Å². The van der Waals surface area contributed by atoms with Crippen LogP contribution < -0.4 is 0 Å². The van der Waals surface area contributed by atoms with E-state index in [4.69, 9.17) is 9.66 Å². The van der Waals surface area contributed by atoms with Crippen molar-refractivity contribution in [3.8, 4) is 0 Å². The minimum absolute atomic E-state index is 0.255. The Labute approximate surface area is 72.3 Å². The van der Waals surface area contributed by atoms with Crippen molar-refractivity contribution in [2.45, 2.75) is 26.4 Å². The van der Waals surface area contributed by atoms with Crippen LogP contribution in [0.15, 0.2) is 0 Å². The minimum atomic E-state index is -4.41. The number of aliphatic hydroxyl groups excluding tert-OH is 1. The summed E-state index contributed by atoms with van der Waals surface area (Å²) in [7, 11) is -4.41. The molecule has 0 aliphatic heterocycles. The zero-order valence-corrected chi connectivity index (χ0v) is 7.91. The van der Waals surface area contributed by atoms with Crippen molar-refractivity contribution in [3.63, 3.8) is 0 Å². The summed E-state index contributed by atoms with van der Waals surface area (Å²) in [6, 6.07) is 0. The Morgan fingerprint density at radius 2 is 1.92 bits per heavy atom. The third-order valence-electron chi connectivity index (χ3n) is 1.15. The van der Waals surface area contributed by atoms with Crippen molar-refractivity contribution in [2.75, 3.05) is 6.61 Å². The zero-order valence-electron chi connectivity index (χ0n) is 7.10. The molecule has 12 heavy (non-hydrogen) atoms. The lowest BCUT2D eigenvalue weighted by Crippen LogP contribution is -2.20. The Morgan fingerprint density at radius 3 is 2.25 bits per heavy atom. The molecule has 0 radical (unpaired) electrons. The quantitative estimate of drug-likeness (QED) is 0.617. The average molecular weight is 198 g/mol. The van der Waals surface area contributed by atoms with E-state index >= 15 is 0 Å². The largest absolute Gasteiger partial charge is 0.397 e. The number of hydrogen-bond acceptors (Lipinski definition) is 4. The highest BCUT2D eigenvalue weighted by Crippen LogP contribution is 2.05.